The van der Waals surface area contributed by atoms with Crippen molar-refractivity contribution in [1.29, 1.82) is 0 Å². The van der Waals surface area contributed by atoms with Gasteiger partial charge in [-0.05, 0) is 51.4 Å². The number of unbranched alkanes of at least 4 members (excludes halogenated alkanes) is 51. The van der Waals surface area contributed by atoms with Gasteiger partial charge in [-0.1, -0.05) is 334 Å². The van der Waals surface area contributed by atoms with Gasteiger partial charge in [-0.3, -0.25) is 9.59 Å². The van der Waals surface area contributed by atoms with Gasteiger partial charge in [0.05, 0.1) is 25.4 Å². The van der Waals surface area contributed by atoms with Crippen LogP contribution in [0, 0.1) is 0 Å². The molecule has 0 aromatic rings. The third-order valence-corrected chi connectivity index (χ3v) is 16.1. The average Bonchev–Trinajstić information content (AvgIpc) is 3.40. The number of amides is 1. The highest BCUT2D eigenvalue weighted by atomic mass is 16.5. The molecule has 0 spiro atoms. The molecule has 0 aliphatic carbocycles. The van der Waals surface area contributed by atoms with E-state index in [0.29, 0.717) is 25.9 Å². The third-order valence-electron chi connectivity index (χ3n) is 16.1. The molecule has 1 amide bonds. The van der Waals surface area contributed by atoms with Gasteiger partial charge in [-0.15, -0.1) is 0 Å². The fourth-order valence-electron chi connectivity index (χ4n) is 10.9. The molecule has 6 nitrogen and oxygen atoms in total. The van der Waals surface area contributed by atoms with Crippen LogP contribution in [0.25, 0.3) is 0 Å². The van der Waals surface area contributed by atoms with E-state index in [1.165, 1.54) is 308 Å². The van der Waals surface area contributed by atoms with E-state index < -0.39 is 12.1 Å². The highest BCUT2D eigenvalue weighted by molar-refractivity contribution is 5.76. The Bertz CT molecular complexity index is 1110. The predicted octanol–water partition coefficient (Wildman–Crippen LogP) is 21.6. The van der Waals surface area contributed by atoms with Crippen LogP contribution in [0.3, 0.4) is 0 Å². The Hall–Kier alpha value is -1.40. The molecule has 0 aromatic carbocycles. The smallest absolute Gasteiger partial charge is 0.305 e. The molecule has 0 bridgehead atoms. The van der Waals surface area contributed by atoms with E-state index in [2.05, 4.69) is 31.3 Å². The molecule has 440 valence electrons. The first-order valence-corrected chi connectivity index (χ1v) is 33.9. The van der Waals surface area contributed by atoms with Gasteiger partial charge in [-0.25, -0.2) is 0 Å². The molecule has 0 saturated heterocycles. The number of ether oxygens (including phenoxy) is 1. The van der Waals surface area contributed by atoms with Crippen LogP contribution in [0.15, 0.2) is 12.2 Å². The topological polar surface area (TPSA) is 95.9 Å². The lowest BCUT2D eigenvalue weighted by atomic mass is 10.0. The van der Waals surface area contributed by atoms with E-state index in [1.54, 1.807) is 0 Å². The van der Waals surface area contributed by atoms with Crippen molar-refractivity contribution < 1.29 is 24.5 Å². The van der Waals surface area contributed by atoms with Crippen molar-refractivity contribution in [3.63, 3.8) is 0 Å². The van der Waals surface area contributed by atoms with Crippen LogP contribution in [0.4, 0.5) is 0 Å². The van der Waals surface area contributed by atoms with Gasteiger partial charge < -0.3 is 20.3 Å². The molecule has 0 aliphatic heterocycles. The Morgan fingerprint density at radius 2 is 0.635 bits per heavy atom. The van der Waals surface area contributed by atoms with Crippen molar-refractivity contribution >= 4 is 11.9 Å². The molecule has 2 atom stereocenters. The fourth-order valence-corrected chi connectivity index (χ4v) is 10.9. The second-order valence-corrected chi connectivity index (χ2v) is 23.5. The lowest BCUT2D eigenvalue weighted by molar-refractivity contribution is -0.143. The third kappa shape index (κ3) is 59.8. The molecule has 0 fully saturated rings. The molecule has 0 aromatic heterocycles. The van der Waals surface area contributed by atoms with Gasteiger partial charge in [0.15, 0.2) is 0 Å². The minimum Gasteiger partial charge on any atom is -0.466 e. The van der Waals surface area contributed by atoms with E-state index in [1.807, 2.05) is 0 Å². The molecule has 3 N–H and O–H groups in total. The van der Waals surface area contributed by atoms with Crippen molar-refractivity contribution in [3.8, 4) is 0 Å². The Kier molecular flexibility index (Phi) is 62.9. The van der Waals surface area contributed by atoms with Gasteiger partial charge in [0.1, 0.15) is 0 Å². The summed E-state index contributed by atoms with van der Waals surface area (Å²) in [6.45, 7) is 4.98. The van der Waals surface area contributed by atoms with Crippen molar-refractivity contribution in [1.82, 2.24) is 5.32 Å². The summed E-state index contributed by atoms with van der Waals surface area (Å²) < 4.78 is 5.50. The van der Waals surface area contributed by atoms with E-state index >= 15 is 0 Å². The number of hydrogen-bond acceptors (Lipinski definition) is 5. The zero-order valence-corrected chi connectivity index (χ0v) is 50.4. The summed E-state index contributed by atoms with van der Waals surface area (Å²) in [6.07, 6.45) is 78.1. The second kappa shape index (κ2) is 64.1. The summed E-state index contributed by atoms with van der Waals surface area (Å²) in [5, 5.41) is 23.4. The predicted molar refractivity (Wildman–Crippen MR) is 324 cm³/mol. The normalized spacial score (nSPS) is 12.5. The van der Waals surface area contributed by atoms with E-state index in [-0.39, 0.29) is 18.5 Å². The van der Waals surface area contributed by atoms with Crippen LogP contribution in [-0.2, 0) is 14.3 Å². The van der Waals surface area contributed by atoms with Crippen LogP contribution in [-0.4, -0.2) is 47.4 Å². The first-order valence-electron chi connectivity index (χ1n) is 33.9. The van der Waals surface area contributed by atoms with Crippen molar-refractivity contribution in [2.75, 3.05) is 13.2 Å². The molecule has 2 unspecified atom stereocenters. The number of allylic oxidation sites excluding steroid dienone is 2. The maximum Gasteiger partial charge on any atom is 0.305 e. The van der Waals surface area contributed by atoms with Crippen LogP contribution in [0.5, 0.6) is 0 Å². The standard InChI is InChI=1S/C68H133NO5/c1-3-5-7-9-11-13-15-17-19-21-22-23-24-25-29-32-36-40-44-48-52-56-60-66(71)65(64-70)69-67(72)61-57-53-49-45-41-37-33-30-26-27-31-35-39-43-47-51-55-59-63-74-68(73)62-58-54-50-46-42-38-34-28-20-18-16-14-12-10-8-6-4-2/h18,20,65-66,70-71H,3-17,19,21-64H2,1-2H3,(H,69,72)/b20-18-. The maximum absolute atomic E-state index is 12.5. The van der Waals surface area contributed by atoms with Crippen LogP contribution in [0.1, 0.15) is 386 Å². The number of carbonyl (C=O) groups is 2. The van der Waals surface area contributed by atoms with Crippen molar-refractivity contribution in [2.45, 2.75) is 398 Å². The molecule has 0 heterocycles. The van der Waals surface area contributed by atoms with E-state index in [0.717, 1.165) is 44.9 Å². The fraction of sp³-hybridized carbons (Fsp3) is 0.941. The lowest BCUT2D eigenvalue weighted by Crippen LogP contribution is -2.45. The monoisotopic (exact) mass is 1040 g/mol. The molecular weight excluding hydrogens is 911 g/mol. The first-order chi connectivity index (χ1) is 36.5. The van der Waals surface area contributed by atoms with E-state index in [9.17, 15) is 19.8 Å². The van der Waals surface area contributed by atoms with Gasteiger partial charge in [0.25, 0.3) is 0 Å². The minimum atomic E-state index is -0.668. The zero-order chi connectivity index (χ0) is 53.6. The molecule has 0 radical (unpaired) electrons. The summed E-state index contributed by atoms with van der Waals surface area (Å²) in [5.74, 6) is -0.0289. The molecule has 0 saturated carbocycles. The van der Waals surface area contributed by atoms with Gasteiger partial charge in [0.2, 0.25) is 5.91 Å². The molecule has 6 heteroatoms. The highest BCUT2D eigenvalue weighted by Gasteiger charge is 2.20. The van der Waals surface area contributed by atoms with E-state index in [4.69, 9.17) is 4.74 Å². The number of esters is 1. The Labute approximate surface area is 463 Å². The summed E-state index contributed by atoms with van der Waals surface area (Å²) >= 11 is 0. The second-order valence-electron chi connectivity index (χ2n) is 23.5. The lowest BCUT2D eigenvalue weighted by Gasteiger charge is -2.22. The van der Waals surface area contributed by atoms with Gasteiger partial charge in [0, 0.05) is 12.8 Å². The summed E-state index contributed by atoms with van der Waals surface area (Å²) in [6, 6.07) is -0.545. The van der Waals surface area contributed by atoms with Gasteiger partial charge in [-0.2, -0.15) is 0 Å². The van der Waals surface area contributed by atoms with Crippen LogP contribution in [0.2, 0.25) is 0 Å². The summed E-state index contributed by atoms with van der Waals surface area (Å²) in [7, 11) is 0. The zero-order valence-electron chi connectivity index (χ0n) is 50.4. The first kappa shape index (κ1) is 72.6. The maximum atomic E-state index is 12.5. The number of nitrogens with one attached hydrogen (secondary N) is 1. The molecule has 74 heavy (non-hydrogen) atoms. The van der Waals surface area contributed by atoms with Crippen molar-refractivity contribution in [3.05, 3.63) is 12.2 Å². The number of rotatable bonds is 64. The Morgan fingerprint density at radius 1 is 0.365 bits per heavy atom. The number of aliphatic hydroxyl groups is 2. The molecule has 0 aliphatic rings. The molecular formula is C68H133NO5. The number of aliphatic hydroxyl groups excluding tert-OH is 2. The quantitative estimate of drug-likeness (QED) is 0.0320. The molecule has 0 rings (SSSR count). The number of hydrogen-bond donors (Lipinski definition) is 3. The SMILES string of the molecule is CCCCCCCC/C=C\CCCCCCCCCC(=O)OCCCCCCCCCCCCCCCCCCCCC(=O)NC(CO)C(O)CCCCCCCCCCCCCCCCCCCCCCCC. The largest absolute Gasteiger partial charge is 0.466 e. The van der Waals surface area contributed by atoms with Crippen molar-refractivity contribution in [2.24, 2.45) is 0 Å². The average molecular weight is 1040 g/mol. The van der Waals surface area contributed by atoms with Gasteiger partial charge >= 0.3 is 5.97 Å². The summed E-state index contributed by atoms with van der Waals surface area (Å²) in [4.78, 5) is 24.6. The van der Waals surface area contributed by atoms with Crippen LogP contribution >= 0.6 is 0 Å². The highest BCUT2D eigenvalue weighted by Crippen LogP contribution is 2.19. The van der Waals surface area contributed by atoms with Crippen LogP contribution < -0.4 is 5.32 Å². The number of carbonyl (C=O) groups excluding carboxylic acids is 2. The Morgan fingerprint density at radius 3 is 0.959 bits per heavy atom. The summed E-state index contributed by atoms with van der Waals surface area (Å²) in [5.41, 5.74) is 0. The Balaban J connectivity index is 3.39. The minimum absolute atomic E-state index is 0.00539.